The average molecular weight is 273 g/mol. The zero-order chi connectivity index (χ0) is 13.9. The van der Waals surface area contributed by atoms with Gasteiger partial charge in [0.25, 0.3) is 0 Å². The largest absolute Gasteiger partial charge is 0.383 e. The second kappa shape index (κ2) is 5.73. The van der Waals surface area contributed by atoms with Crippen molar-refractivity contribution < 1.29 is 9.47 Å². The summed E-state index contributed by atoms with van der Waals surface area (Å²) in [5, 5.41) is 1.08. The highest BCUT2D eigenvalue weighted by Gasteiger charge is 2.33. The summed E-state index contributed by atoms with van der Waals surface area (Å²) in [5.74, 6) is 0. The molecule has 2 atom stereocenters. The SMILES string of the molecule is COC[C@@H]1C[C@H](OC)CN1c1ccnc2ccncc12. The van der Waals surface area contributed by atoms with E-state index in [1.807, 2.05) is 24.5 Å². The van der Waals surface area contributed by atoms with Gasteiger partial charge in [0, 0.05) is 50.4 Å². The van der Waals surface area contributed by atoms with Gasteiger partial charge in [-0.15, -0.1) is 0 Å². The van der Waals surface area contributed by atoms with Gasteiger partial charge in [-0.05, 0) is 18.6 Å². The number of anilines is 1. The second-order valence-electron chi connectivity index (χ2n) is 5.08. The van der Waals surface area contributed by atoms with E-state index in [9.17, 15) is 0 Å². The van der Waals surface area contributed by atoms with E-state index in [1.54, 1.807) is 20.4 Å². The number of rotatable bonds is 4. The fraction of sp³-hybridized carbons (Fsp3) is 0.467. The fourth-order valence-electron chi connectivity index (χ4n) is 2.92. The molecule has 106 valence electrons. The third kappa shape index (κ3) is 2.34. The Kier molecular flexibility index (Phi) is 3.80. The number of nitrogens with zero attached hydrogens (tertiary/aromatic N) is 3. The lowest BCUT2D eigenvalue weighted by atomic mass is 10.2. The lowest BCUT2D eigenvalue weighted by Gasteiger charge is -2.26. The first-order valence-electron chi connectivity index (χ1n) is 6.80. The van der Waals surface area contributed by atoms with E-state index in [0.29, 0.717) is 12.6 Å². The summed E-state index contributed by atoms with van der Waals surface area (Å²) in [6.45, 7) is 1.57. The highest BCUT2D eigenvalue weighted by atomic mass is 16.5. The summed E-state index contributed by atoms with van der Waals surface area (Å²) in [5.41, 5.74) is 2.12. The highest BCUT2D eigenvalue weighted by molar-refractivity contribution is 5.91. The van der Waals surface area contributed by atoms with E-state index in [4.69, 9.17) is 9.47 Å². The van der Waals surface area contributed by atoms with Gasteiger partial charge in [-0.1, -0.05) is 0 Å². The minimum atomic E-state index is 0.245. The lowest BCUT2D eigenvalue weighted by Crippen LogP contribution is -2.33. The number of ether oxygens (including phenoxy) is 2. The number of hydrogen-bond donors (Lipinski definition) is 0. The number of hydrogen-bond acceptors (Lipinski definition) is 5. The fourth-order valence-corrected chi connectivity index (χ4v) is 2.92. The molecule has 0 bridgehead atoms. The number of aromatic nitrogens is 2. The molecule has 5 heteroatoms. The molecule has 2 aromatic heterocycles. The molecule has 1 aliphatic heterocycles. The van der Waals surface area contributed by atoms with Gasteiger partial charge in [-0.2, -0.15) is 0 Å². The van der Waals surface area contributed by atoms with Crippen LogP contribution in [0.5, 0.6) is 0 Å². The van der Waals surface area contributed by atoms with Gasteiger partial charge in [-0.3, -0.25) is 9.97 Å². The van der Waals surface area contributed by atoms with Crippen molar-refractivity contribution in [3.8, 4) is 0 Å². The maximum absolute atomic E-state index is 5.52. The minimum Gasteiger partial charge on any atom is -0.383 e. The maximum Gasteiger partial charge on any atom is 0.0766 e. The van der Waals surface area contributed by atoms with Crippen LogP contribution in [0, 0.1) is 0 Å². The molecule has 1 fully saturated rings. The van der Waals surface area contributed by atoms with Crippen LogP contribution in [0.25, 0.3) is 10.9 Å². The van der Waals surface area contributed by atoms with Crippen molar-refractivity contribution in [2.24, 2.45) is 0 Å². The molecule has 5 nitrogen and oxygen atoms in total. The van der Waals surface area contributed by atoms with Crippen LogP contribution in [0.1, 0.15) is 6.42 Å². The van der Waals surface area contributed by atoms with Crippen molar-refractivity contribution in [3.05, 3.63) is 30.7 Å². The van der Waals surface area contributed by atoms with Gasteiger partial charge in [-0.25, -0.2) is 0 Å². The number of fused-ring (bicyclic) bond motifs is 1. The van der Waals surface area contributed by atoms with Crippen molar-refractivity contribution in [2.75, 3.05) is 32.3 Å². The van der Waals surface area contributed by atoms with E-state index >= 15 is 0 Å². The molecule has 0 saturated carbocycles. The van der Waals surface area contributed by atoms with Crippen LogP contribution in [0.4, 0.5) is 5.69 Å². The minimum absolute atomic E-state index is 0.245. The molecule has 3 heterocycles. The molecule has 0 amide bonds. The summed E-state index contributed by atoms with van der Waals surface area (Å²) in [6.07, 6.45) is 6.72. The van der Waals surface area contributed by atoms with Crippen LogP contribution in [0.15, 0.2) is 30.7 Å². The van der Waals surface area contributed by atoms with E-state index in [-0.39, 0.29) is 6.10 Å². The standard InChI is InChI=1S/C15H19N3O2/c1-19-10-11-7-12(20-2)9-18(11)15-4-6-17-14-3-5-16-8-13(14)15/h3-6,8,11-12H,7,9-10H2,1-2H3/t11-,12-/m0/s1. The molecule has 0 unspecified atom stereocenters. The lowest BCUT2D eigenvalue weighted by molar-refractivity contribution is 0.111. The molecular weight excluding hydrogens is 254 g/mol. The predicted octanol–water partition coefficient (Wildman–Crippen LogP) is 1.87. The topological polar surface area (TPSA) is 47.5 Å². The highest BCUT2D eigenvalue weighted by Crippen LogP contribution is 2.31. The van der Waals surface area contributed by atoms with E-state index < -0.39 is 0 Å². The third-order valence-corrected chi connectivity index (χ3v) is 3.90. The van der Waals surface area contributed by atoms with Gasteiger partial charge in [0.1, 0.15) is 0 Å². The van der Waals surface area contributed by atoms with E-state index in [0.717, 1.165) is 29.6 Å². The Bertz CT molecular complexity index is 585. The molecule has 0 spiro atoms. The summed E-state index contributed by atoms with van der Waals surface area (Å²) in [4.78, 5) is 11.0. The van der Waals surface area contributed by atoms with Crippen LogP contribution < -0.4 is 4.90 Å². The first kappa shape index (κ1) is 13.3. The van der Waals surface area contributed by atoms with Crippen molar-refractivity contribution in [2.45, 2.75) is 18.6 Å². The Morgan fingerprint density at radius 2 is 2.20 bits per heavy atom. The zero-order valence-electron chi connectivity index (χ0n) is 11.8. The monoisotopic (exact) mass is 273 g/mol. The number of pyridine rings is 2. The predicted molar refractivity (Wildman–Crippen MR) is 78.0 cm³/mol. The van der Waals surface area contributed by atoms with E-state index in [2.05, 4.69) is 14.9 Å². The molecule has 20 heavy (non-hydrogen) atoms. The Labute approximate surface area is 118 Å². The van der Waals surface area contributed by atoms with Crippen molar-refractivity contribution in [1.82, 2.24) is 9.97 Å². The first-order valence-corrected chi connectivity index (χ1v) is 6.80. The van der Waals surface area contributed by atoms with Gasteiger partial charge in [0.2, 0.25) is 0 Å². The summed E-state index contributed by atoms with van der Waals surface area (Å²) >= 11 is 0. The smallest absolute Gasteiger partial charge is 0.0766 e. The van der Waals surface area contributed by atoms with Crippen molar-refractivity contribution in [3.63, 3.8) is 0 Å². The van der Waals surface area contributed by atoms with Crippen LogP contribution in [-0.4, -0.2) is 49.5 Å². The molecule has 2 aromatic rings. The third-order valence-electron chi connectivity index (χ3n) is 3.90. The first-order chi connectivity index (χ1) is 9.83. The van der Waals surface area contributed by atoms with Gasteiger partial charge < -0.3 is 14.4 Å². The summed E-state index contributed by atoms with van der Waals surface area (Å²) < 4.78 is 10.9. The van der Waals surface area contributed by atoms with Gasteiger partial charge >= 0.3 is 0 Å². The maximum atomic E-state index is 5.52. The Morgan fingerprint density at radius 3 is 3.00 bits per heavy atom. The molecule has 3 rings (SSSR count). The number of methoxy groups -OCH3 is 2. The zero-order valence-corrected chi connectivity index (χ0v) is 11.8. The molecule has 0 N–H and O–H groups in total. The molecule has 0 aliphatic carbocycles. The molecular formula is C15H19N3O2. The van der Waals surface area contributed by atoms with E-state index in [1.165, 1.54) is 0 Å². The summed E-state index contributed by atoms with van der Waals surface area (Å²) in [6, 6.07) is 4.31. The Morgan fingerprint density at radius 1 is 1.30 bits per heavy atom. The van der Waals surface area contributed by atoms with Gasteiger partial charge in [0.05, 0.1) is 24.3 Å². The van der Waals surface area contributed by atoms with Crippen LogP contribution in [0.3, 0.4) is 0 Å². The molecule has 1 aliphatic rings. The average Bonchev–Trinajstić information content (AvgIpc) is 2.90. The van der Waals surface area contributed by atoms with Crippen molar-refractivity contribution >= 4 is 16.6 Å². The normalized spacial score (nSPS) is 22.6. The van der Waals surface area contributed by atoms with Crippen molar-refractivity contribution in [1.29, 1.82) is 0 Å². The second-order valence-corrected chi connectivity index (χ2v) is 5.08. The molecule has 1 saturated heterocycles. The Hall–Kier alpha value is -1.72. The Balaban J connectivity index is 2.00. The molecule has 0 aromatic carbocycles. The van der Waals surface area contributed by atoms with Gasteiger partial charge in [0.15, 0.2) is 0 Å². The van der Waals surface area contributed by atoms with Crippen LogP contribution >= 0.6 is 0 Å². The van der Waals surface area contributed by atoms with Crippen LogP contribution in [0.2, 0.25) is 0 Å². The molecule has 0 radical (unpaired) electrons. The van der Waals surface area contributed by atoms with Crippen LogP contribution in [-0.2, 0) is 9.47 Å². The quantitative estimate of drug-likeness (QED) is 0.851. The summed E-state index contributed by atoms with van der Waals surface area (Å²) in [7, 11) is 3.51.